The van der Waals surface area contributed by atoms with Crippen molar-refractivity contribution in [3.63, 3.8) is 0 Å². The van der Waals surface area contributed by atoms with Crippen molar-refractivity contribution < 1.29 is 29.4 Å². The van der Waals surface area contributed by atoms with E-state index in [1.165, 1.54) is 0 Å². The Morgan fingerprint density at radius 2 is 1.81 bits per heavy atom. The van der Waals surface area contributed by atoms with Crippen molar-refractivity contribution in [1.29, 1.82) is 0 Å². The van der Waals surface area contributed by atoms with Gasteiger partial charge < -0.3 is 24.8 Å². The van der Waals surface area contributed by atoms with Crippen LogP contribution in [-0.4, -0.2) is 59.9 Å². The normalized spacial score (nSPS) is 16.5. The molecule has 1 saturated heterocycles. The summed E-state index contributed by atoms with van der Waals surface area (Å²) in [7, 11) is 1.63. The topological polar surface area (TPSA) is 120 Å². The first-order valence-corrected chi connectivity index (χ1v) is 12.5. The third kappa shape index (κ3) is 6.09. The lowest BCUT2D eigenvalue weighted by Crippen LogP contribution is -2.55. The van der Waals surface area contributed by atoms with Crippen LogP contribution in [0.2, 0.25) is 0 Å². The zero-order chi connectivity index (χ0) is 26.1. The molecule has 36 heavy (non-hydrogen) atoms. The number of benzene rings is 2. The van der Waals surface area contributed by atoms with Crippen LogP contribution in [0.4, 0.5) is 5.69 Å². The Morgan fingerprint density at radius 1 is 1.11 bits per heavy atom. The minimum Gasteiger partial charge on any atom is -0.497 e. The summed E-state index contributed by atoms with van der Waals surface area (Å²) in [5.41, 5.74) is 0.512. The molecule has 2 atom stereocenters. The van der Waals surface area contributed by atoms with E-state index in [0.717, 1.165) is 24.3 Å². The monoisotopic (exact) mass is 499 g/mol. The molecule has 9 heteroatoms. The number of hydrogen-bond acceptors (Lipinski definition) is 7. The van der Waals surface area contributed by atoms with Crippen LogP contribution in [0.3, 0.4) is 0 Å². The predicted molar refractivity (Wildman–Crippen MR) is 136 cm³/mol. The molecule has 0 aromatic heterocycles. The minimum absolute atomic E-state index is 0.177. The second kappa shape index (κ2) is 12.6. The molecule has 2 aromatic rings. The van der Waals surface area contributed by atoms with Gasteiger partial charge in [0.2, 0.25) is 5.91 Å². The number of amides is 2. The van der Waals surface area contributed by atoms with Crippen LogP contribution in [0.15, 0.2) is 48.5 Å². The van der Waals surface area contributed by atoms with Gasteiger partial charge in [-0.3, -0.25) is 14.8 Å². The molecule has 2 unspecified atom stereocenters. The van der Waals surface area contributed by atoms with Gasteiger partial charge in [-0.2, -0.15) is 0 Å². The molecular formula is C27H37N3O6. The summed E-state index contributed by atoms with van der Waals surface area (Å²) < 4.78 is 10.7. The smallest absolute Gasteiger partial charge is 0.280 e. The molecule has 1 aliphatic heterocycles. The van der Waals surface area contributed by atoms with E-state index in [2.05, 4.69) is 5.32 Å². The van der Waals surface area contributed by atoms with Gasteiger partial charge in [-0.1, -0.05) is 31.5 Å². The first kappa shape index (κ1) is 27.3. The van der Waals surface area contributed by atoms with Gasteiger partial charge in [0.1, 0.15) is 11.5 Å². The number of hydrogen-bond donors (Lipinski definition) is 4. The van der Waals surface area contributed by atoms with E-state index in [4.69, 9.17) is 9.47 Å². The fraction of sp³-hybridized carbons (Fsp3) is 0.481. The predicted octanol–water partition coefficient (Wildman–Crippen LogP) is 3.31. The molecule has 0 spiro atoms. The number of hydroxylamine groups is 1. The fourth-order valence-corrected chi connectivity index (χ4v) is 4.76. The number of nitrogens with one attached hydrogen (secondary N) is 2. The zero-order valence-electron chi connectivity index (χ0n) is 21.2. The molecule has 4 N–H and O–H groups in total. The Kier molecular flexibility index (Phi) is 9.55. The van der Waals surface area contributed by atoms with E-state index in [1.54, 1.807) is 41.8 Å². The number of anilines is 1. The van der Waals surface area contributed by atoms with E-state index in [0.29, 0.717) is 31.9 Å². The molecule has 1 fully saturated rings. The maximum Gasteiger partial charge on any atom is 0.280 e. The maximum atomic E-state index is 13.7. The molecule has 0 saturated carbocycles. The van der Waals surface area contributed by atoms with E-state index in [9.17, 15) is 19.9 Å². The Labute approximate surface area is 212 Å². The first-order valence-electron chi connectivity index (χ1n) is 12.5. The summed E-state index contributed by atoms with van der Waals surface area (Å²) >= 11 is 0. The van der Waals surface area contributed by atoms with Crippen molar-refractivity contribution in [1.82, 2.24) is 10.4 Å². The number of methoxy groups -OCH3 is 1. The summed E-state index contributed by atoms with van der Waals surface area (Å²) in [6.07, 6.45) is 2.28. The van der Waals surface area contributed by atoms with Crippen molar-refractivity contribution >= 4 is 17.5 Å². The molecule has 0 bridgehead atoms. The Balaban J connectivity index is 1.76. The SMILES string of the molecule is CCCC(C(=O)N1CCC(Nc2cccc(OC)c2)CC1)C(O)(C(=O)NO)c1ccc(OCC)cc1. The number of likely N-dealkylation sites (tertiary alicyclic amines) is 1. The number of ether oxygens (including phenoxy) is 2. The summed E-state index contributed by atoms with van der Waals surface area (Å²) in [6.45, 7) is 5.19. The number of aliphatic hydroxyl groups is 1. The van der Waals surface area contributed by atoms with Gasteiger partial charge in [0, 0.05) is 30.9 Å². The Morgan fingerprint density at radius 3 is 2.39 bits per heavy atom. The van der Waals surface area contributed by atoms with Crippen molar-refractivity contribution in [2.45, 2.75) is 51.2 Å². The van der Waals surface area contributed by atoms with Crippen LogP contribution in [0.5, 0.6) is 11.5 Å². The lowest BCUT2D eigenvalue weighted by Gasteiger charge is -2.39. The zero-order valence-corrected chi connectivity index (χ0v) is 21.2. The van der Waals surface area contributed by atoms with E-state index >= 15 is 0 Å². The molecule has 0 aliphatic carbocycles. The lowest BCUT2D eigenvalue weighted by atomic mass is 9.77. The molecule has 1 heterocycles. The fourth-order valence-electron chi connectivity index (χ4n) is 4.76. The van der Waals surface area contributed by atoms with Crippen LogP contribution < -0.4 is 20.3 Å². The van der Waals surface area contributed by atoms with Crippen LogP contribution in [0.25, 0.3) is 0 Å². The largest absolute Gasteiger partial charge is 0.497 e. The van der Waals surface area contributed by atoms with Gasteiger partial charge >= 0.3 is 0 Å². The van der Waals surface area contributed by atoms with Crippen LogP contribution in [0, 0.1) is 5.92 Å². The van der Waals surface area contributed by atoms with Gasteiger partial charge in [0.15, 0.2) is 5.60 Å². The van der Waals surface area contributed by atoms with Crippen LogP contribution >= 0.6 is 0 Å². The average molecular weight is 500 g/mol. The summed E-state index contributed by atoms with van der Waals surface area (Å²) in [5.74, 6) is -1.05. The molecule has 2 amide bonds. The third-order valence-electron chi connectivity index (χ3n) is 6.68. The number of nitrogens with zero attached hydrogens (tertiary/aromatic N) is 1. The van der Waals surface area contributed by atoms with Crippen LogP contribution in [-0.2, 0) is 15.2 Å². The quantitative estimate of drug-likeness (QED) is 0.277. The van der Waals surface area contributed by atoms with Gasteiger partial charge in [0.25, 0.3) is 5.91 Å². The second-order valence-corrected chi connectivity index (χ2v) is 8.98. The molecule has 0 radical (unpaired) electrons. The van der Waals surface area contributed by atoms with Gasteiger partial charge in [0.05, 0.1) is 19.6 Å². The average Bonchev–Trinajstić information content (AvgIpc) is 2.91. The van der Waals surface area contributed by atoms with E-state index in [-0.39, 0.29) is 23.9 Å². The van der Waals surface area contributed by atoms with Crippen molar-refractivity contribution in [3.05, 3.63) is 54.1 Å². The maximum absolute atomic E-state index is 13.7. The number of carbonyl (C=O) groups is 2. The number of piperidine rings is 1. The Bertz CT molecular complexity index is 1010. The minimum atomic E-state index is -2.23. The van der Waals surface area contributed by atoms with Gasteiger partial charge in [-0.05, 0) is 56.0 Å². The number of rotatable bonds is 11. The van der Waals surface area contributed by atoms with Crippen molar-refractivity contribution in [2.24, 2.45) is 5.92 Å². The highest BCUT2D eigenvalue weighted by Gasteiger charge is 2.50. The Hall–Kier alpha value is -3.30. The summed E-state index contributed by atoms with van der Waals surface area (Å²) in [6, 6.07) is 14.3. The molecule has 9 nitrogen and oxygen atoms in total. The number of carbonyl (C=O) groups excluding carboxylic acids is 2. The highest BCUT2D eigenvalue weighted by atomic mass is 16.5. The lowest BCUT2D eigenvalue weighted by molar-refractivity contribution is -0.166. The molecule has 2 aromatic carbocycles. The van der Waals surface area contributed by atoms with E-state index < -0.39 is 17.4 Å². The summed E-state index contributed by atoms with van der Waals surface area (Å²) in [4.78, 5) is 28.2. The van der Waals surface area contributed by atoms with Gasteiger partial charge in [-0.25, -0.2) is 5.48 Å². The molecular weight excluding hydrogens is 462 g/mol. The highest BCUT2D eigenvalue weighted by molar-refractivity contribution is 5.93. The van der Waals surface area contributed by atoms with Crippen molar-refractivity contribution in [3.8, 4) is 11.5 Å². The third-order valence-corrected chi connectivity index (χ3v) is 6.68. The van der Waals surface area contributed by atoms with E-state index in [1.807, 2.05) is 38.1 Å². The van der Waals surface area contributed by atoms with Crippen molar-refractivity contribution in [2.75, 3.05) is 32.1 Å². The molecule has 196 valence electrons. The first-order chi connectivity index (χ1) is 17.4. The molecule has 3 rings (SSSR count). The highest BCUT2D eigenvalue weighted by Crippen LogP contribution is 2.36. The standard InChI is InChI=1S/C27H37N3O6/c1-4-7-24(27(33,26(32)29-34)19-10-12-22(13-11-19)36-5-2)25(31)30-16-14-20(15-17-30)28-21-8-6-9-23(18-21)35-3/h6,8-13,18,20,24,28,33-34H,4-5,7,14-17H2,1-3H3,(H,29,32). The van der Waals surface area contributed by atoms with Gasteiger partial charge in [-0.15, -0.1) is 0 Å². The van der Waals surface area contributed by atoms with Crippen LogP contribution in [0.1, 0.15) is 45.1 Å². The second-order valence-electron chi connectivity index (χ2n) is 8.98. The molecule has 1 aliphatic rings. The summed E-state index contributed by atoms with van der Waals surface area (Å²) in [5, 5.41) is 24.6.